The maximum atomic E-state index is 13.2. The number of amides is 1. The molecule has 0 unspecified atom stereocenters. The lowest BCUT2D eigenvalue weighted by atomic mass is 10.1. The van der Waals surface area contributed by atoms with Crippen molar-refractivity contribution >= 4 is 33.2 Å². The van der Waals surface area contributed by atoms with Crippen LogP contribution >= 0.6 is 11.6 Å². The first-order valence-electron chi connectivity index (χ1n) is 9.43. The molecular weight excluding hydrogens is 420 g/mol. The van der Waals surface area contributed by atoms with Crippen LogP contribution in [0, 0.1) is 13.8 Å². The molecule has 0 aliphatic carbocycles. The number of anilines is 1. The first-order valence-corrected chi connectivity index (χ1v) is 11.2. The molecule has 7 heteroatoms. The minimum absolute atomic E-state index is 0.0502. The van der Waals surface area contributed by atoms with Gasteiger partial charge in [-0.15, -0.1) is 0 Å². The molecule has 3 aromatic carbocycles. The van der Waals surface area contributed by atoms with Gasteiger partial charge in [-0.05, 0) is 60.9 Å². The highest BCUT2D eigenvalue weighted by Crippen LogP contribution is 2.21. The molecule has 0 saturated heterocycles. The van der Waals surface area contributed by atoms with E-state index in [1.165, 1.54) is 16.4 Å². The van der Waals surface area contributed by atoms with E-state index < -0.39 is 15.9 Å². The topological polar surface area (TPSA) is 66.5 Å². The van der Waals surface area contributed by atoms with E-state index in [0.717, 1.165) is 16.7 Å². The average molecular weight is 443 g/mol. The Kier molecular flexibility index (Phi) is 6.92. The number of sulfonamides is 1. The lowest BCUT2D eigenvalue weighted by Gasteiger charge is -2.22. The zero-order valence-corrected chi connectivity index (χ0v) is 18.4. The van der Waals surface area contributed by atoms with Crippen molar-refractivity contribution in [2.24, 2.45) is 0 Å². The van der Waals surface area contributed by atoms with Gasteiger partial charge in [-0.3, -0.25) is 4.79 Å². The van der Waals surface area contributed by atoms with Gasteiger partial charge in [-0.25, -0.2) is 8.42 Å². The van der Waals surface area contributed by atoms with E-state index in [2.05, 4.69) is 5.32 Å². The highest BCUT2D eigenvalue weighted by atomic mass is 35.5. The fourth-order valence-corrected chi connectivity index (χ4v) is 4.53. The fourth-order valence-electron chi connectivity index (χ4n) is 3.00. The number of benzene rings is 3. The maximum Gasteiger partial charge on any atom is 0.243 e. The largest absolute Gasteiger partial charge is 0.325 e. The summed E-state index contributed by atoms with van der Waals surface area (Å²) >= 11 is 5.94. The van der Waals surface area contributed by atoms with Crippen molar-refractivity contribution in [3.63, 3.8) is 0 Å². The van der Waals surface area contributed by atoms with Gasteiger partial charge in [0.25, 0.3) is 0 Å². The Morgan fingerprint density at radius 1 is 0.933 bits per heavy atom. The number of rotatable bonds is 7. The highest BCUT2D eigenvalue weighted by Gasteiger charge is 2.27. The van der Waals surface area contributed by atoms with Crippen LogP contribution in [0.4, 0.5) is 5.69 Å². The first kappa shape index (κ1) is 22.0. The predicted molar refractivity (Wildman–Crippen MR) is 120 cm³/mol. The molecule has 0 aromatic heterocycles. The van der Waals surface area contributed by atoms with Gasteiger partial charge in [0.05, 0.1) is 11.4 Å². The molecule has 1 N–H and O–H groups in total. The molecule has 30 heavy (non-hydrogen) atoms. The van der Waals surface area contributed by atoms with Crippen molar-refractivity contribution in [1.82, 2.24) is 4.31 Å². The summed E-state index contributed by atoms with van der Waals surface area (Å²) in [4.78, 5) is 12.9. The molecule has 0 heterocycles. The molecule has 0 radical (unpaired) electrons. The summed E-state index contributed by atoms with van der Waals surface area (Å²) in [7, 11) is -3.88. The van der Waals surface area contributed by atoms with E-state index in [4.69, 9.17) is 11.6 Å². The molecule has 1 amide bonds. The standard InChI is InChI=1S/C23H23ClN2O3S/c1-17-7-6-10-22(18(17)2)25-23(27)16-26(15-19-11-13-20(24)14-12-19)30(28,29)21-8-4-3-5-9-21/h3-14H,15-16H2,1-2H3,(H,25,27). The summed E-state index contributed by atoms with van der Waals surface area (Å²) in [6.45, 7) is 3.61. The molecule has 0 atom stereocenters. The van der Waals surface area contributed by atoms with Gasteiger partial charge in [-0.1, -0.05) is 54.1 Å². The summed E-state index contributed by atoms with van der Waals surface area (Å²) < 4.78 is 27.6. The molecule has 5 nitrogen and oxygen atoms in total. The van der Waals surface area contributed by atoms with Gasteiger partial charge in [0.2, 0.25) is 15.9 Å². The van der Waals surface area contributed by atoms with Crippen LogP contribution in [-0.4, -0.2) is 25.2 Å². The molecule has 0 spiro atoms. The number of nitrogens with one attached hydrogen (secondary N) is 1. The van der Waals surface area contributed by atoms with Gasteiger partial charge in [0.15, 0.2) is 0 Å². The Hall–Kier alpha value is -2.67. The molecule has 0 bridgehead atoms. The minimum atomic E-state index is -3.88. The van der Waals surface area contributed by atoms with E-state index in [-0.39, 0.29) is 18.0 Å². The van der Waals surface area contributed by atoms with Crippen molar-refractivity contribution in [2.75, 3.05) is 11.9 Å². The number of nitrogens with zero attached hydrogens (tertiary/aromatic N) is 1. The van der Waals surface area contributed by atoms with E-state index in [1.54, 1.807) is 48.5 Å². The Morgan fingerprint density at radius 3 is 2.27 bits per heavy atom. The van der Waals surface area contributed by atoms with Crippen LogP contribution in [0.15, 0.2) is 77.7 Å². The third-order valence-electron chi connectivity index (χ3n) is 4.85. The van der Waals surface area contributed by atoms with Crippen LogP contribution in [0.5, 0.6) is 0 Å². The van der Waals surface area contributed by atoms with Gasteiger partial charge in [-0.2, -0.15) is 4.31 Å². The summed E-state index contributed by atoms with van der Waals surface area (Å²) in [5, 5.41) is 3.39. The molecular formula is C23H23ClN2O3S. The Balaban J connectivity index is 1.87. The van der Waals surface area contributed by atoms with Crippen LogP contribution < -0.4 is 5.32 Å². The highest BCUT2D eigenvalue weighted by molar-refractivity contribution is 7.89. The molecule has 0 fully saturated rings. The lowest BCUT2D eigenvalue weighted by Crippen LogP contribution is -2.37. The minimum Gasteiger partial charge on any atom is -0.325 e. The summed E-state index contributed by atoms with van der Waals surface area (Å²) in [6.07, 6.45) is 0. The van der Waals surface area contributed by atoms with Crippen LogP contribution in [-0.2, 0) is 21.4 Å². The number of carbonyl (C=O) groups excluding carboxylic acids is 1. The third kappa shape index (κ3) is 5.27. The van der Waals surface area contributed by atoms with Gasteiger partial charge >= 0.3 is 0 Å². The monoisotopic (exact) mass is 442 g/mol. The van der Waals surface area contributed by atoms with Crippen molar-refractivity contribution < 1.29 is 13.2 Å². The Labute approximate surface area is 182 Å². The van der Waals surface area contributed by atoms with E-state index in [9.17, 15) is 13.2 Å². The summed E-state index contributed by atoms with van der Waals surface area (Å²) in [5.41, 5.74) is 3.39. The smallest absolute Gasteiger partial charge is 0.243 e. The second-order valence-electron chi connectivity index (χ2n) is 7.01. The maximum absolute atomic E-state index is 13.2. The zero-order valence-electron chi connectivity index (χ0n) is 16.8. The van der Waals surface area contributed by atoms with Crippen molar-refractivity contribution in [3.05, 3.63) is 94.5 Å². The van der Waals surface area contributed by atoms with Gasteiger partial charge < -0.3 is 5.32 Å². The molecule has 3 rings (SSSR count). The van der Waals surface area contributed by atoms with Gasteiger partial charge in [0, 0.05) is 17.3 Å². The molecule has 0 aliphatic heterocycles. The van der Waals surface area contributed by atoms with Crippen molar-refractivity contribution in [1.29, 1.82) is 0 Å². The van der Waals surface area contributed by atoms with E-state index in [1.807, 2.05) is 26.0 Å². The molecule has 0 aliphatic rings. The van der Waals surface area contributed by atoms with Crippen LogP contribution in [0.2, 0.25) is 5.02 Å². The van der Waals surface area contributed by atoms with Crippen LogP contribution in [0.1, 0.15) is 16.7 Å². The normalized spacial score (nSPS) is 11.5. The van der Waals surface area contributed by atoms with Crippen LogP contribution in [0.3, 0.4) is 0 Å². The lowest BCUT2D eigenvalue weighted by molar-refractivity contribution is -0.116. The fraction of sp³-hybridized carbons (Fsp3) is 0.174. The second kappa shape index (κ2) is 9.43. The van der Waals surface area contributed by atoms with Crippen molar-refractivity contribution in [3.8, 4) is 0 Å². The predicted octanol–water partition coefficient (Wildman–Crippen LogP) is 4.79. The van der Waals surface area contributed by atoms with Gasteiger partial charge in [0.1, 0.15) is 0 Å². The summed E-state index contributed by atoms with van der Waals surface area (Å²) in [5.74, 6) is -0.405. The number of carbonyl (C=O) groups is 1. The van der Waals surface area contributed by atoms with Crippen molar-refractivity contribution in [2.45, 2.75) is 25.3 Å². The number of hydrogen-bond acceptors (Lipinski definition) is 3. The zero-order chi connectivity index (χ0) is 21.7. The molecule has 0 saturated carbocycles. The average Bonchev–Trinajstić information content (AvgIpc) is 2.73. The Bertz CT molecular complexity index is 1130. The number of halogens is 1. The third-order valence-corrected chi connectivity index (χ3v) is 6.91. The number of aryl methyl sites for hydroxylation is 1. The number of hydrogen-bond donors (Lipinski definition) is 1. The molecule has 3 aromatic rings. The van der Waals surface area contributed by atoms with E-state index in [0.29, 0.717) is 10.7 Å². The van der Waals surface area contributed by atoms with E-state index >= 15 is 0 Å². The summed E-state index contributed by atoms with van der Waals surface area (Å²) in [6, 6.07) is 20.6. The second-order valence-corrected chi connectivity index (χ2v) is 9.38. The first-order chi connectivity index (χ1) is 14.3. The SMILES string of the molecule is Cc1cccc(NC(=O)CN(Cc2ccc(Cl)cc2)S(=O)(=O)c2ccccc2)c1C. The molecule has 156 valence electrons. The Morgan fingerprint density at radius 2 is 1.60 bits per heavy atom. The van der Waals surface area contributed by atoms with Crippen LogP contribution in [0.25, 0.3) is 0 Å². The quantitative estimate of drug-likeness (QED) is 0.572.